The number of rotatable bonds is 3. The molecule has 2 fully saturated rings. The maximum atomic E-state index is 3.49. The van der Waals surface area contributed by atoms with E-state index in [9.17, 15) is 0 Å². The number of likely N-dealkylation sites (tertiary alicyclic amines) is 1. The molecule has 0 bridgehead atoms. The smallest absolute Gasteiger partial charge is 0.0117 e. The molecule has 0 radical (unpaired) electrons. The van der Waals surface area contributed by atoms with Crippen molar-refractivity contribution in [2.24, 2.45) is 5.92 Å². The summed E-state index contributed by atoms with van der Waals surface area (Å²) in [7, 11) is 2.12. The van der Waals surface area contributed by atoms with Crippen LogP contribution in [0.5, 0.6) is 0 Å². The van der Waals surface area contributed by atoms with Gasteiger partial charge in [-0.2, -0.15) is 0 Å². The highest BCUT2D eigenvalue weighted by atomic mass is 15.2. The Labute approximate surface area is 94.4 Å². The van der Waals surface area contributed by atoms with E-state index in [1.54, 1.807) is 0 Å². The van der Waals surface area contributed by atoms with Gasteiger partial charge in [-0.25, -0.2) is 0 Å². The fraction of sp³-hybridized carbons (Fsp3) is 1.00. The third kappa shape index (κ3) is 2.54. The van der Waals surface area contributed by atoms with Crippen LogP contribution in [0.1, 0.15) is 45.4 Å². The highest BCUT2D eigenvalue weighted by Crippen LogP contribution is 2.28. The number of nitrogens with zero attached hydrogens (tertiary/aromatic N) is 1. The molecule has 0 spiro atoms. The van der Waals surface area contributed by atoms with Gasteiger partial charge in [0.15, 0.2) is 0 Å². The van der Waals surface area contributed by atoms with Crippen LogP contribution in [0.2, 0.25) is 0 Å². The van der Waals surface area contributed by atoms with E-state index in [1.807, 2.05) is 0 Å². The summed E-state index contributed by atoms with van der Waals surface area (Å²) in [5.41, 5.74) is 0. The first kappa shape index (κ1) is 11.4. The SMILES string of the molecule is CCC1CN(C2CCCC2)CCC1NC. The average Bonchev–Trinajstić information content (AvgIpc) is 2.81. The van der Waals surface area contributed by atoms with Crippen LogP contribution in [0, 0.1) is 5.92 Å². The summed E-state index contributed by atoms with van der Waals surface area (Å²) in [4.78, 5) is 2.77. The molecule has 0 aromatic rings. The van der Waals surface area contributed by atoms with Gasteiger partial charge in [0.1, 0.15) is 0 Å². The summed E-state index contributed by atoms with van der Waals surface area (Å²) in [5.74, 6) is 0.879. The molecule has 0 aromatic carbocycles. The van der Waals surface area contributed by atoms with Crippen molar-refractivity contribution >= 4 is 0 Å². The van der Waals surface area contributed by atoms with Crippen molar-refractivity contribution in [2.75, 3.05) is 20.1 Å². The molecule has 1 aliphatic heterocycles. The third-order valence-electron chi connectivity index (χ3n) is 4.50. The van der Waals surface area contributed by atoms with Crippen molar-refractivity contribution < 1.29 is 0 Å². The van der Waals surface area contributed by atoms with Crippen LogP contribution in [-0.4, -0.2) is 37.1 Å². The molecule has 1 aliphatic carbocycles. The van der Waals surface area contributed by atoms with Crippen LogP contribution < -0.4 is 5.32 Å². The van der Waals surface area contributed by atoms with Crippen molar-refractivity contribution in [3.63, 3.8) is 0 Å². The van der Waals surface area contributed by atoms with Crippen LogP contribution in [0.25, 0.3) is 0 Å². The van der Waals surface area contributed by atoms with Crippen LogP contribution in [0.4, 0.5) is 0 Å². The lowest BCUT2D eigenvalue weighted by Gasteiger charge is -2.41. The first-order valence-electron chi connectivity index (χ1n) is 6.76. The topological polar surface area (TPSA) is 15.3 Å². The van der Waals surface area contributed by atoms with Gasteiger partial charge in [-0.1, -0.05) is 26.2 Å². The lowest BCUT2D eigenvalue weighted by atomic mass is 9.89. The second kappa shape index (κ2) is 5.31. The Hall–Kier alpha value is -0.0800. The Morgan fingerprint density at radius 1 is 1.20 bits per heavy atom. The second-order valence-electron chi connectivity index (χ2n) is 5.29. The van der Waals surface area contributed by atoms with E-state index in [0.29, 0.717) is 0 Å². The lowest BCUT2D eigenvalue weighted by Crippen LogP contribution is -2.50. The van der Waals surface area contributed by atoms with Gasteiger partial charge in [-0.05, 0) is 38.8 Å². The van der Waals surface area contributed by atoms with Crippen molar-refractivity contribution in [3.05, 3.63) is 0 Å². The average molecular weight is 210 g/mol. The summed E-state index contributed by atoms with van der Waals surface area (Å²) in [5, 5.41) is 3.49. The van der Waals surface area contributed by atoms with E-state index in [2.05, 4.69) is 24.2 Å². The molecule has 88 valence electrons. The van der Waals surface area contributed by atoms with E-state index in [4.69, 9.17) is 0 Å². The molecule has 2 aliphatic rings. The summed E-state index contributed by atoms with van der Waals surface area (Å²) >= 11 is 0. The quantitative estimate of drug-likeness (QED) is 0.768. The Morgan fingerprint density at radius 3 is 2.53 bits per heavy atom. The molecule has 2 unspecified atom stereocenters. The van der Waals surface area contributed by atoms with Gasteiger partial charge in [-0.3, -0.25) is 4.90 Å². The molecule has 2 atom stereocenters. The molecule has 1 heterocycles. The Kier molecular flexibility index (Phi) is 4.04. The maximum Gasteiger partial charge on any atom is 0.0117 e. The highest BCUT2D eigenvalue weighted by molar-refractivity contribution is 4.88. The molecule has 1 saturated carbocycles. The largest absolute Gasteiger partial charge is 0.317 e. The summed E-state index contributed by atoms with van der Waals surface area (Å²) < 4.78 is 0. The van der Waals surface area contributed by atoms with Crippen LogP contribution in [0.15, 0.2) is 0 Å². The van der Waals surface area contributed by atoms with Crippen LogP contribution >= 0.6 is 0 Å². The van der Waals surface area contributed by atoms with Crippen LogP contribution in [0.3, 0.4) is 0 Å². The van der Waals surface area contributed by atoms with E-state index in [1.165, 1.54) is 51.6 Å². The van der Waals surface area contributed by atoms with E-state index in [0.717, 1.165) is 18.0 Å². The number of hydrogen-bond donors (Lipinski definition) is 1. The zero-order valence-electron chi connectivity index (χ0n) is 10.3. The Morgan fingerprint density at radius 2 is 1.93 bits per heavy atom. The fourth-order valence-corrected chi connectivity index (χ4v) is 3.46. The molecular weight excluding hydrogens is 184 g/mol. The summed E-state index contributed by atoms with van der Waals surface area (Å²) in [6.45, 7) is 5.01. The molecule has 2 nitrogen and oxygen atoms in total. The molecule has 0 amide bonds. The first-order valence-corrected chi connectivity index (χ1v) is 6.76. The molecule has 0 aromatic heterocycles. The molecule has 15 heavy (non-hydrogen) atoms. The molecular formula is C13H26N2. The van der Waals surface area contributed by atoms with Crippen molar-refractivity contribution in [1.29, 1.82) is 0 Å². The third-order valence-corrected chi connectivity index (χ3v) is 4.50. The minimum atomic E-state index is 0.771. The maximum absolute atomic E-state index is 3.49. The molecule has 1 N–H and O–H groups in total. The Balaban J connectivity index is 1.88. The highest BCUT2D eigenvalue weighted by Gasteiger charge is 2.31. The minimum Gasteiger partial charge on any atom is -0.317 e. The summed E-state index contributed by atoms with van der Waals surface area (Å²) in [6, 6.07) is 1.70. The molecule has 2 rings (SSSR count). The standard InChI is InChI=1S/C13H26N2/c1-3-11-10-15(9-8-13(11)14-2)12-6-4-5-7-12/h11-14H,3-10H2,1-2H3. The van der Waals surface area contributed by atoms with Crippen molar-refractivity contribution in [3.8, 4) is 0 Å². The zero-order chi connectivity index (χ0) is 10.7. The van der Waals surface area contributed by atoms with Gasteiger partial charge in [0.05, 0.1) is 0 Å². The van der Waals surface area contributed by atoms with E-state index < -0.39 is 0 Å². The monoisotopic (exact) mass is 210 g/mol. The predicted molar refractivity (Wildman–Crippen MR) is 65.1 cm³/mol. The van der Waals surface area contributed by atoms with Gasteiger partial charge in [0.2, 0.25) is 0 Å². The van der Waals surface area contributed by atoms with E-state index >= 15 is 0 Å². The predicted octanol–water partition coefficient (Wildman–Crippen LogP) is 2.25. The lowest BCUT2D eigenvalue weighted by molar-refractivity contribution is 0.0988. The van der Waals surface area contributed by atoms with Gasteiger partial charge in [-0.15, -0.1) is 0 Å². The number of nitrogens with one attached hydrogen (secondary N) is 1. The van der Waals surface area contributed by atoms with Gasteiger partial charge >= 0.3 is 0 Å². The Bertz CT molecular complexity index is 187. The second-order valence-corrected chi connectivity index (χ2v) is 5.29. The fourth-order valence-electron chi connectivity index (χ4n) is 3.46. The number of piperidine rings is 1. The van der Waals surface area contributed by atoms with Crippen molar-refractivity contribution in [1.82, 2.24) is 10.2 Å². The summed E-state index contributed by atoms with van der Waals surface area (Å²) in [6.07, 6.45) is 8.53. The van der Waals surface area contributed by atoms with Crippen LogP contribution in [-0.2, 0) is 0 Å². The van der Waals surface area contributed by atoms with Gasteiger partial charge in [0.25, 0.3) is 0 Å². The normalized spacial score (nSPS) is 34.8. The first-order chi connectivity index (χ1) is 7.35. The van der Waals surface area contributed by atoms with E-state index in [-0.39, 0.29) is 0 Å². The molecule has 1 saturated heterocycles. The van der Waals surface area contributed by atoms with Gasteiger partial charge < -0.3 is 5.32 Å². The number of hydrogen-bond acceptors (Lipinski definition) is 2. The zero-order valence-corrected chi connectivity index (χ0v) is 10.3. The van der Waals surface area contributed by atoms with Crippen molar-refractivity contribution in [2.45, 2.75) is 57.5 Å². The van der Waals surface area contributed by atoms with Gasteiger partial charge in [0, 0.05) is 18.6 Å². The molecule has 2 heteroatoms. The minimum absolute atomic E-state index is 0.771.